The van der Waals surface area contributed by atoms with E-state index in [-0.39, 0.29) is 23.9 Å². The van der Waals surface area contributed by atoms with Crippen LogP contribution in [0.3, 0.4) is 0 Å². The summed E-state index contributed by atoms with van der Waals surface area (Å²) in [5.74, 6) is 0.293. The molecule has 1 aliphatic rings. The molecule has 3 heterocycles. The molecule has 1 saturated heterocycles. The van der Waals surface area contributed by atoms with E-state index in [0.717, 1.165) is 30.7 Å². The predicted molar refractivity (Wildman–Crippen MR) is 96.8 cm³/mol. The van der Waals surface area contributed by atoms with Crippen LogP contribution in [0.15, 0.2) is 24.5 Å². The van der Waals surface area contributed by atoms with E-state index in [1.807, 2.05) is 13.0 Å². The Hall–Kier alpha value is -3.30. The number of halogens is 1. The van der Waals surface area contributed by atoms with E-state index >= 15 is 0 Å². The Bertz CT molecular complexity index is 784. The number of nitrogens with zero attached hydrogens (tertiary/aromatic N) is 5. The molecule has 10 heteroatoms. The van der Waals surface area contributed by atoms with Crippen LogP contribution in [0, 0.1) is 12.7 Å². The number of hydrogen-bond acceptors (Lipinski definition) is 7. The summed E-state index contributed by atoms with van der Waals surface area (Å²) in [6.07, 6.45) is 3.27. The zero-order valence-electron chi connectivity index (χ0n) is 14.9. The van der Waals surface area contributed by atoms with Gasteiger partial charge >= 0.3 is 0 Å². The molecule has 0 bridgehead atoms. The summed E-state index contributed by atoms with van der Waals surface area (Å²) in [5.41, 5.74) is 6.79. The van der Waals surface area contributed by atoms with Gasteiger partial charge in [-0.3, -0.25) is 14.6 Å². The van der Waals surface area contributed by atoms with E-state index in [4.69, 9.17) is 15.6 Å². The van der Waals surface area contributed by atoms with Crippen LogP contribution in [0.5, 0.6) is 0 Å². The Labute approximate surface area is 155 Å². The molecule has 9 nitrogen and oxygen atoms in total. The van der Waals surface area contributed by atoms with Gasteiger partial charge in [-0.2, -0.15) is 4.98 Å². The Morgan fingerprint density at radius 2 is 1.96 bits per heavy atom. The molecule has 2 aromatic heterocycles. The molecule has 1 aliphatic heterocycles. The van der Waals surface area contributed by atoms with Crippen LogP contribution in [-0.4, -0.2) is 63.5 Å². The molecule has 1 fully saturated rings. The van der Waals surface area contributed by atoms with E-state index in [1.165, 1.54) is 12.3 Å². The van der Waals surface area contributed by atoms with Crippen molar-refractivity contribution in [3.05, 3.63) is 41.6 Å². The van der Waals surface area contributed by atoms with Crippen LogP contribution >= 0.6 is 0 Å². The lowest BCUT2D eigenvalue weighted by atomic mass is 10.2. The van der Waals surface area contributed by atoms with Crippen molar-refractivity contribution in [2.75, 3.05) is 36.8 Å². The number of hydrogen-bond donors (Lipinski definition) is 2. The van der Waals surface area contributed by atoms with Crippen LogP contribution in [0.25, 0.3) is 0 Å². The third-order valence-electron chi connectivity index (χ3n) is 3.92. The number of rotatable bonds is 2. The average Bonchev–Trinajstić information content (AvgIpc) is 2.87. The molecule has 0 atom stereocenters. The second kappa shape index (κ2) is 9.41. The van der Waals surface area contributed by atoms with Gasteiger partial charge in [0.25, 0.3) is 12.4 Å². The Morgan fingerprint density at radius 1 is 1.22 bits per heavy atom. The van der Waals surface area contributed by atoms with E-state index in [2.05, 4.69) is 19.9 Å². The van der Waals surface area contributed by atoms with Crippen molar-refractivity contribution in [2.45, 2.75) is 13.3 Å². The van der Waals surface area contributed by atoms with Crippen molar-refractivity contribution in [1.29, 1.82) is 0 Å². The van der Waals surface area contributed by atoms with Gasteiger partial charge < -0.3 is 20.6 Å². The summed E-state index contributed by atoms with van der Waals surface area (Å²) >= 11 is 0. The van der Waals surface area contributed by atoms with Gasteiger partial charge in [-0.25, -0.2) is 9.37 Å². The highest BCUT2D eigenvalue weighted by Crippen LogP contribution is 2.17. The number of aryl methyl sites for hydroxylation is 1. The largest absolute Gasteiger partial charge is 0.483 e. The molecule has 2 aromatic rings. The Kier molecular flexibility index (Phi) is 6.98. The number of nitrogens with two attached hydrogens (primary N) is 1. The van der Waals surface area contributed by atoms with E-state index in [0.29, 0.717) is 19.6 Å². The first-order valence-electron chi connectivity index (χ1n) is 8.28. The highest BCUT2D eigenvalue weighted by molar-refractivity contribution is 5.94. The Morgan fingerprint density at radius 3 is 2.63 bits per heavy atom. The van der Waals surface area contributed by atoms with E-state index < -0.39 is 5.82 Å². The molecule has 3 rings (SSSR count). The van der Waals surface area contributed by atoms with Crippen molar-refractivity contribution < 1.29 is 19.1 Å². The van der Waals surface area contributed by atoms with Crippen LogP contribution in [0.4, 0.5) is 16.2 Å². The van der Waals surface area contributed by atoms with Crippen LogP contribution in [0.2, 0.25) is 0 Å². The van der Waals surface area contributed by atoms with Crippen LogP contribution in [-0.2, 0) is 4.79 Å². The minimum atomic E-state index is -0.510. The summed E-state index contributed by atoms with van der Waals surface area (Å²) in [7, 11) is 0. The number of carbonyl (C=O) groups is 2. The van der Waals surface area contributed by atoms with Crippen molar-refractivity contribution in [1.82, 2.24) is 19.9 Å². The standard InChI is InChI=1S/C16H19FN6O.CH2O2/c1-11-7-14(21-16(18)20-11)22-3-2-4-23(6-5-22)15(24)12-8-13(17)10-19-9-12;2-1-3/h7-10H,2-6H2,1H3,(H2,18,20,21);1H,(H,2,3). The number of aromatic nitrogens is 3. The first-order valence-corrected chi connectivity index (χ1v) is 8.28. The van der Waals surface area contributed by atoms with Gasteiger partial charge in [0.1, 0.15) is 11.6 Å². The lowest BCUT2D eigenvalue weighted by molar-refractivity contribution is -0.122. The smallest absolute Gasteiger partial charge is 0.290 e. The molecule has 3 N–H and O–H groups in total. The molecule has 0 radical (unpaired) electrons. The van der Waals surface area contributed by atoms with Gasteiger partial charge in [-0.05, 0) is 19.4 Å². The van der Waals surface area contributed by atoms with Gasteiger partial charge in [-0.15, -0.1) is 0 Å². The fraction of sp³-hybridized carbons (Fsp3) is 0.353. The highest BCUT2D eigenvalue weighted by Gasteiger charge is 2.22. The second-order valence-corrected chi connectivity index (χ2v) is 5.86. The van der Waals surface area contributed by atoms with Gasteiger partial charge in [0.15, 0.2) is 0 Å². The number of anilines is 2. The average molecular weight is 376 g/mol. The molecule has 0 saturated carbocycles. The number of nitrogen functional groups attached to an aromatic ring is 1. The first-order chi connectivity index (χ1) is 12.9. The topological polar surface area (TPSA) is 126 Å². The summed E-state index contributed by atoms with van der Waals surface area (Å²) in [4.78, 5) is 36.8. The lowest BCUT2D eigenvalue weighted by Crippen LogP contribution is -2.35. The summed E-state index contributed by atoms with van der Waals surface area (Å²) < 4.78 is 13.3. The molecular weight excluding hydrogens is 355 g/mol. The van der Waals surface area contributed by atoms with Gasteiger partial charge in [-0.1, -0.05) is 0 Å². The van der Waals surface area contributed by atoms with Crippen LogP contribution < -0.4 is 10.6 Å². The zero-order valence-corrected chi connectivity index (χ0v) is 14.9. The molecule has 1 amide bonds. The quantitative estimate of drug-likeness (QED) is 0.742. The molecule has 144 valence electrons. The molecule has 0 unspecified atom stereocenters. The van der Waals surface area contributed by atoms with Gasteiger partial charge in [0.05, 0.1) is 11.8 Å². The normalized spacial score (nSPS) is 14.0. The van der Waals surface area contributed by atoms with E-state index in [9.17, 15) is 9.18 Å². The third-order valence-corrected chi connectivity index (χ3v) is 3.92. The highest BCUT2D eigenvalue weighted by atomic mass is 19.1. The SMILES string of the molecule is Cc1cc(N2CCCN(C(=O)c3cncc(F)c3)CC2)nc(N)n1.O=CO. The fourth-order valence-corrected chi connectivity index (χ4v) is 2.80. The molecular formula is C17H21FN6O3. The summed E-state index contributed by atoms with van der Waals surface area (Å²) in [6, 6.07) is 3.09. The first kappa shape index (κ1) is 20.0. The zero-order chi connectivity index (χ0) is 19.8. The molecule has 0 aliphatic carbocycles. The van der Waals surface area contributed by atoms with Crippen molar-refractivity contribution >= 4 is 24.1 Å². The lowest BCUT2D eigenvalue weighted by Gasteiger charge is -2.23. The number of amides is 1. The minimum absolute atomic E-state index is 0.206. The number of carboxylic acid groups (broad SMARTS) is 1. The summed E-state index contributed by atoms with van der Waals surface area (Å²) in [5, 5.41) is 6.89. The maximum absolute atomic E-state index is 13.3. The second-order valence-electron chi connectivity index (χ2n) is 5.86. The monoisotopic (exact) mass is 376 g/mol. The van der Waals surface area contributed by atoms with Crippen molar-refractivity contribution in [3.63, 3.8) is 0 Å². The maximum atomic E-state index is 13.3. The maximum Gasteiger partial charge on any atom is 0.290 e. The van der Waals surface area contributed by atoms with Crippen molar-refractivity contribution in [3.8, 4) is 0 Å². The van der Waals surface area contributed by atoms with Gasteiger partial charge in [0.2, 0.25) is 5.95 Å². The van der Waals surface area contributed by atoms with Crippen LogP contribution in [0.1, 0.15) is 22.5 Å². The Balaban J connectivity index is 0.000000817. The van der Waals surface area contributed by atoms with Gasteiger partial charge in [0, 0.05) is 44.1 Å². The fourth-order valence-electron chi connectivity index (χ4n) is 2.80. The molecule has 0 spiro atoms. The molecule has 27 heavy (non-hydrogen) atoms. The minimum Gasteiger partial charge on any atom is -0.483 e. The number of carbonyl (C=O) groups excluding carboxylic acids is 1. The van der Waals surface area contributed by atoms with E-state index in [1.54, 1.807) is 4.90 Å². The summed E-state index contributed by atoms with van der Waals surface area (Å²) in [6.45, 7) is 4.14. The molecule has 0 aromatic carbocycles. The van der Waals surface area contributed by atoms with Crippen molar-refractivity contribution in [2.24, 2.45) is 0 Å². The third kappa shape index (κ3) is 5.59. The predicted octanol–water partition coefficient (Wildman–Crippen LogP) is 0.955. The number of pyridine rings is 1.